The first-order valence-corrected chi connectivity index (χ1v) is 10.9. The Morgan fingerprint density at radius 3 is 2.61 bits per heavy atom. The van der Waals surface area contributed by atoms with Crippen LogP contribution in [0.15, 0.2) is 30.3 Å². The maximum Gasteiger partial charge on any atom is 0.227 e. The zero-order valence-corrected chi connectivity index (χ0v) is 17.4. The molecule has 2 heterocycles. The van der Waals surface area contributed by atoms with Crippen molar-refractivity contribution < 1.29 is 9.59 Å². The van der Waals surface area contributed by atoms with E-state index in [9.17, 15) is 9.59 Å². The van der Waals surface area contributed by atoms with Crippen molar-refractivity contribution in [1.82, 2.24) is 15.1 Å². The average molecular weight is 386 g/mol. The van der Waals surface area contributed by atoms with Crippen molar-refractivity contribution in [2.75, 3.05) is 32.7 Å². The Labute approximate surface area is 169 Å². The lowest BCUT2D eigenvalue weighted by molar-refractivity contribution is -0.135. The molecule has 0 unspecified atom stereocenters. The van der Waals surface area contributed by atoms with Crippen molar-refractivity contribution in [2.24, 2.45) is 11.8 Å². The monoisotopic (exact) mass is 385 g/mol. The highest BCUT2D eigenvalue weighted by molar-refractivity contribution is 5.82. The zero-order valence-electron chi connectivity index (χ0n) is 17.4. The summed E-state index contributed by atoms with van der Waals surface area (Å²) in [6.07, 6.45) is 4.75. The van der Waals surface area contributed by atoms with Crippen LogP contribution in [0.4, 0.5) is 0 Å². The van der Waals surface area contributed by atoms with Crippen molar-refractivity contribution in [2.45, 2.75) is 52.0 Å². The smallest absolute Gasteiger partial charge is 0.227 e. The normalized spacial score (nSPS) is 24.6. The predicted molar refractivity (Wildman–Crippen MR) is 112 cm³/mol. The number of carbonyl (C=O) groups excluding carboxylic acids is 2. The molecular formula is C23H35N3O2. The van der Waals surface area contributed by atoms with Crippen LogP contribution < -0.4 is 5.32 Å². The lowest BCUT2D eigenvalue weighted by Crippen LogP contribution is -2.50. The van der Waals surface area contributed by atoms with Crippen LogP contribution in [0.2, 0.25) is 0 Å². The highest BCUT2D eigenvalue weighted by Crippen LogP contribution is 2.19. The standard InChI is InChI=1S/C23H35N3O2/c1-18-8-6-12-25(15-18)16-19(2)24-23(28)21-11-7-13-26(17-21)22(27)14-20-9-4-3-5-10-20/h3-5,9-10,18-19,21H,6-8,11-17H2,1-2H3,(H,24,28)/t18-,19-,21-/m1/s1. The molecule has 0 bridgehead atoms. The number of nitrogens with zero attached hydrogens (tertiary/aromatic N) is 2. The topological polar surface area (TPSA) is 52.7 Å². The van der Waals surface area contributed by atoms with Gasteiger partial charge in [-0.3, -0.25) is 9.59 Å². The van der Waals surface area contributed by atoms with Crippen LogP contribution in [0.5, 0.6) is 0 Å². The molecule has 0 saturated carbocycles. The minimum atomic E-state index is -0.0868. The van der Waals surface area contributed by atoms with Gasteiger partial charge in [-0.05, 0) is 50.6 Å². The number of benzene rings is 1. The van der Waals surface area contributed by atoms with Gasteiger partial charge in [0.2, 0.25) is 11.8 Å². The van der Waals surface area contributed by atoms with Crippen LogP contribution >= 0.6 is 0 Å². The Kier molecular flexibility index (Phi) is 7.49. The Bertz CT molecular complexity index is 649. The number of hydrogen-bond acceptors (Lipinski definition) is 3. The summed E-state index contributed by atoms with van der Waals surface area (Å²) in [6, 6.07) is 9.98. The lowest BCUT2D eigenvalue weighted by Gasteiger charge is -2.35. The molecule has 154 valence electrons. The number of carbonyl (C=O) groups is 2. The first-order chi connectivity index (χ1) is 13.5. The number of nitrogens with one attached hydrogen (secondary N) is 1. The molecule has 1 aromatic carbocycles. The molecule has 5 nitrogen and oxygen atoms in total. The van der Waals surface area contributed by atoms with E-state index in [1.165, 1.54) is 12.8 Å². The van der Waals surface area contributed by atoms with E-state index in [1.807, 2.05) is 35.2 Å². The van der Waals surface area contributed by atoms with Gasteiger partial charge in [0.1, 0.15) is 0 Å². The molecule has 0 aromatic heterocycles. The second-order valence-electron chi connectivity index (χ2n) is 8.76. The first-order valence-electron chi connectivity index (χ1n) is 10.9. The van der Waals surface area contributed by atoms with E-state index in [4.69, 9.17) is 0 Å². The maximum atomic E-state index is 12.8. The Morgan fingerprint density at radius 1 is 1.11 bits per heavy atom. The summed E-state index contributed by atoms with van der Waals surface area (Å²) < 4.78 is 0. The molecule has 1 N–H and O–H groups in total. The van der Waals surface area contributed by atoms with Crippen molar-refractivity contribution in [3.05, 3.63) is 35.9 Å². The number of hydrogen-bond donors (Lipinski definition) is 1. The highest BCUT2D eigenvalue weighted by Gasteiger charge is 2.29. The molecule has 2 saturated heterocycles. The number of likely N-dealkylation sites (tertiary alicyclic amines) is 2. The van der Waals surface area contributed by atoms with Gasteiger partial charge < -0.3 is 15.1 Å². The maximum absolute atomic E-state index is 12.8. The molecular weight excluding hydrogens is 350 g/mol. The SMILES string of the molecule is C[C@@H]1CCCN(C[C@@H](C)NC(=O)[C@@H]2CCCN(C(=O)Cc3ccccc3)C2)C1. The largest absolute Gasteiger partial charge is 0.352 e. The third kappa shape index (κ3) is 6.06. The van der Waals surface area contributed by atoms with E-state index < -0.39 is 0 Å². The second kappa shape index (κ2) is 10.1. The molecule has 3 rings (SSSR count). The Balaban J connectivity index is 1.46. The van der Waals surface area contributed by atoms with E-state index in [0.29, 0.717) is 13.0 Å². The first kappa shape index (κ1) is 20.8. The van der Waals surface area contributed by atoms with Crippen molar-refractivity contribution in [3.63, 3.8) is 0 Å². The summed E-state index contributed by atoms with van der Waals surface area (Å²) >= 11 is 0. The van der Waals surface area contributed by atoms with Crippen LogP contribution in [-0.2, 0) is 16.0 Å². The van der Waals surface area contributed by atoms with Gasteiger partial charge in [-0.1, -0.05) is 37.3 Å². The van der Waals surface area contributed by atoms with E-state index in [0.717, 1.165) is 50.5 Å². The lowest BCUT2D eigenvalue weighted by atomic mass is 9.96. The molecule has 0 spiro atoms. The van der Waals surface area contributed by atoms with Gasteiger partial charge in [0, 0.05) is 32.2 Å². The van der Waals surface area contributed by atoms with E-state index in [-0.39, 0.29) is 23.8 Å². The molecule has 2 amide bonds. The summed E-state index contributed by atoms with van der Waals surface area (Å²) in [6.45, 7) is 8.89. The minimum Gasteiger partial charge on any atom is -0.352 e. The third-order valence-electron chi connectivity index (χ3n) is 6.00. The number of amides is 2. The van der Waals surface area contributed by atoms with Crippen molar-refractivity contribution >= 4 is 11.8 Å². The van der Waals surface area contributed by atoms with Gasteiger partial charge in [-0.25, -0.2) is 0 Å². The second-order valence-corrected chi connectivity index (χ2v) is 8.76. The number of piperidine rings is 2. The summed E-state index contributed by atoms with van der Waals surface area (Å²) in [5.41, 5.74) is 1.03. The quantitative estimate of drug-likeness (QED) is 0.819. The summed E-state index contributed by atoms with van der Waals surface area (Å²) in [4.78, 5) is 29.8. The van der Waals surface area contributed by atoms with Crippen LogP contribution in [-0.4, -0.2) is 60.4 Å². The molecule has 0 aliphatic carbocycles. The Morgan fingerprint density at radius 2 is 1.86 bits per heavy atom. The molecule has 5 heteroatoms. The van der Waals surface area contributed by atoms with Crippen LogP contribution in [0.3, 0.4) is 0 Å². The molecule has 2 aliphatic rings. The van der Waals surface area contributed by atoms with E-state index >= 15 is 0 Å². The fourth-order valence-electron chi connectivity index (χ4n) is 4.55. The zero-order chi connectivity index (χ0) is 19.9. The van der Waals surface area contributed by atoms with Crippen molar-refractivity contribution in [3.8, 4) is 0 Å². The van der Waals surface area contributed by atoms with Gasteiger partial charge in [0.15, 0.2) is 0 Å². The van der Waals surface area contributed by atoms with Crippen LogP contribution in [0.1, 0.15) is 45.1 Å². The van der Waals surface area contributed by atoms with Gasteiger partial charge in [0.05, 0.1) is 12.3 Å². The summed E-state index contributed by atoms with van der Waals surface area (Å²) in [5.74, 6) is 0.893. The van der Waals surface area contributed by atoms with E-state index in [1.54, 1.807) is 0 Å². The van der Waals surface area contributed by atoms with E-state index in [2.05, 4.69) is 24.1 Å². The summed E-state index contributed by atoms with van der Waals surface area (Å²) in [5, 5.41) is 3.20. The fraction of sp³-hybridized carbons (Fsp3) is 0.652. The summed E-state index contributed by atoms with van der Waals surface area (Å²) in [7, 11) is 0. The molecule has 1 aromatic rings. The molecule has 2 fully saturated rings. The van der Waals surface area contributed by atoms with Crippen LogP contribution in [0.25, 0.3) is 0 Å². The van der Waals surface area contributed by atoms with Gasteiger partial charge in [-0.15, -0.1) is 0 Å². The minimum absolute atomic E-state index is 0.0868. The van der Waals surface area contributed by atoms with Crippen molar-refractivity contribution in [1.29, 1.82) is 0 Å². The molecule has 3 atom stereocenters. The predicted octanol–water partition coefficient (Wildman–Crippen LogP) is 2.70. The third-order valence-corrected chi connectivity index (χ3v) is 6.00. The molecule has 28 heavy (non-hydrogen) atoms. The number of rotatable bonds is 6. The van der Waals surface area contributed by atoms with Gasteiger partial charge >= 0.3 is 0 Å². The highest BCUT2D eigenvalue weighted by atomic mass is 16.2. The van der Waals surface area contributed by atoms with Gasteiger partial charge in [-0.2, -0.15) is 0 Å². The molecule has 0 radical (unpaired) electrons. The average Bonchev–Trinajstić information content (AvgIpc) is 2.68. The van der Waals surface area contributed by atoms with Gasteiger partial charge in [0.25, 0.3) is 0 Å². The fourth-order valence-corrected chi connectivity index (χ4v) is 4.55. The van der Waals surface area contributed by atoms with Crippen LogP contribution in [0, 0.1) is 11.8 Å². The molecule has 2 aliphatic heterocycles. The Hall–Kier alpha value is -1.88.